The van der Waals surface area contributed by atoms with E-state index in [1.807, 2.05) is 24.3 Å². The molecule has 1 aromatic carbocycles. The van der Waals surface area contributed by atoms with E-state index in [4.69, 9.17) is 9.47 Å². The molecule has 0 aliphatic heterocycles. The van der Waals surface area contributed by atoms with Crippen LogP contribution in [0.4, 0.5) is 4.79 Å². The van der Waals surface area contributed by atoms with Gasteiger partial charge in [-0.2, -0.15) is 0 Å². The van der Waals surface area contributed by atoms with Crippen LogP contribution in [0.5, 0.6) is 5.75 Å². The highest BCUT2D eigenvalue weighted by atomic mass is 16.6. The van der Waals surface area contributed by atoms with Gasteiger partial charge in [0.15, 0.2) is 6.61 Å². The van der Waals surface area contributed by atoms with Crippen LogP contribution in [0.1, 0.15) is 6.92 Å². The van der Waals surface area contributed by atoms with Gasteiger partial charge in [-0.3, -0.25) is 9.78 Å². The zero-order chi connectivity index (χ0) is 15.2. The number of carbonyl (C=O) groups is 2. The van der Waals surface area contributed by atoms with E-state index in [0.29, 0.717) is 11.3 Å². The van der Waals surface area contributed by atoms with Crippen molar-refractivity contribution in [1.29, 1.82) is 0 Å². The van der Waals surface area contributed by atoms with Crippen LogP contribution in [0.15, 0.2) is 36.5 Å². The molecular formula is C15H16N2O4. The van der Waals surface area contributed by atoms with Gasteiger partial charge in [0.1, 0.15) is 11.3 Å². The smallest absolute Gasteiger partial charge is 0.416 e. The number of aromatic nitrogens is 1. The van der Waals surface area contributed by atoms with Crippen molar-refractivity contribution in [3.05, 3.63) is 36.5 Å². The number of fused-ring (bicyclic) bond motifs is 1. The molecule has 0 spiro atoms. The van der Waals surface area contributed by atoms with Crippen LogP contribution in [0, 0.1) is 0 Å². The third-order valence-corrected chi connectivity index (χ3v) is 2.86. The van der Waals surface area contributed by atoms with Crippen molar-refractivity contribution >= 4 is 22.9 Å². The Morgan fingerprint density at radius 1 is 1.24 bits per heavy atom. The summed E-state index contributed by atoms with van der Waals surface area (Å²) in [6.07, 6.45) is 0.962. The SMILES string of the molecule is CCOC(=O)N(C)C(=O)COc1cccc2cccnc12. The number of rotatable bonds is 4. The van der Waals surface area contributed by atoms with Crippen molar-refractivity contribution < 1.29 is 19.1 Å². The first kappa shape index (κ1) is 14.8. The van der Waals surface area contributed by atoms with E-state index in [1.165, 1.54) is 7.05 Å². The number of likely N-dealkylation sites (N-methyl/N-ethyl adjacent to an activating group) is 1. The molecule has 6 nitrogen and oxygen atoms in total. The summed E-state index contributed by atoms with van der Waals surface area (Å²) >= 11 is 0. The molecule has 2 aromatic rings. The molecule has 0 unspecified atom stereocenters. The van der Waals surface area contributed by atoms with E-state index in [0.717, 1.165) is 10.3 Å². The van der Waals surface area contributed by atoms with Gasteiger partial charge in [-0.05, 0) is 19.1 Å². The van der Waals surface area contributed by atoms with Gasteiger partial charge in [0.25, 0.3) is 5.91 Å². The lowest BCUT2D eigenvalue weighted by molar-refractivity contribution is -0.130. The fourth-order valence-electron chi connectivity index (χ4n) is 1.75. The Bertz CT molecular complexity index is 652. The highest BCUT2D eigenvalue weighted by Gasteiger charge is 2.18. The van der Waals surface area contributed by atoms with Gasteiger partial charge >= 0.3 is 6.09 Å². The summed E-state index contributed by atoms with van der Waals surface area (Å²) in [7, 11) is 1.35. The molecule has 110 valence electrons. The molecule has 0 radical (unpaired) electrons. The molecule has 2 rings (SSSR count). The maximum absolute atomic E-state index is 11.8. The fraction of sp³-hybridized carbons (Fsp3) is 0.267. The molecule has 0 saturated carbocycles. The van der Waals surface area contributed by atoms with Gasteiger partial charge in [-0.1, -0.05) is 18.2 Å². The summed E-state index contributed by atoms with van der Waals surface area (Å²) in [6, 6.07) is 9.18. The summed E-state index contributed by atoms with van der Waals surface area (Å²) in [5.41, 5.74) is 0.673. The molecule has 0 N–H and O–H groups in total. The first-order chi connectivity index (χ1) is 10.1. The van der Waals surface area contributed by atoms with Crippen molar-refractivity contribution in [2.45, 2.75) is 6.92 Å². The third-order valence-electron chi connectivity index (χ3n) is 2.86. The number of para-hydroxylation sites is 1. The third kappa shape index (κ3) is 3.47. The minimum Gasteiger partial charge on any atom is -0.481 e. The molecule has 0 saturated heterocycles. The molecule has 0 aliphatic carbocycles. The number of nitrogens with zero attached hydrogens (tertiary/aromatic N) is 2. The highest BCUT2D eigenvalue weighted by molar-refractivity contribution is 5.92. The van der Waals surface area contributed by atoms with E-state index >= 15 is 0 Å². The zero-order valence-electron chi connectivity index (χ0n) is 11.9. The molecule has 1 heterocycles. The fourth-order valence-corrected chi connectivity index (χ4v) is 1.75. The maximum Gasteiger partial charge on any atom is 0.416 e. The van der Waals surface area contributed by atoms with Crippen molar-refractivity contribution in [3.63, 3.8) is 0 Å². The minimum atomic E-state index is -0.692. The first-order valence-electron chi connectivity index (χ1n) is 6.53. The van der Waals surface area contributed by atoms with Crippen molar-refractivity contribution in [2.75, 3.05) is 20.3 Å². The number of carbonyl (C=O) groups excluding carboxylic acids is 2. The van der Waals surface area contributed by atoms with Gasteiger partial charge in [0, 0.05) is 18.6 Å². The monoisotopic (exact) mass is 288 g/mol. The number of imide groups is 1. The molecule has 0 atom stereocenters. The number of ether oxygens (including phenoxy) is 2. The average molecular weight is 288 g/mol. The van der Waals surface area contributed by atoms with E-state index in [2.05, 4.69) is 4.98 Å². The Balaban J connectivity index is 2.05. The summed E-state index contributed by atoms with van der Waals surface area (Å²) in [6.45, 7) is 1.63. The maximum atomic E-state index is 11.8. The first-order valence-corrected chi connectivity index (χ1v) is 6.53. The largest absolute Gasteiger partial charge is 0.481 e. The molecule has 1 aromatic heterocycles. The minimum absolute atomic E-state index is 0.213. The molecule has 21 heavy (non-hydrogen) atoms. The Morgan fingerprint density at radius 2 is 2.00 bits per heavy atom. The van der Waals surface area contributed by atoms with Crippen molar-refractivity contribution in [3.8, 4) is 5.75 Å². The van der Waals surface area contributed by atoms with Crippen LogP contribution in [0.2, 0.25) is 0 Å². The van der Waals surface area contributed by atoms with Gasteiger partial charge < -0.3 is 9.47 Å². The molecule has 2 amide bonds. The number of pyridine rings is 1. The normalized spacial score (nSPS) is 10.2. The number of hydrogen-bond acceptors (Lipinski definition) is 5. The second-order valence-corrected chi connectivity index (χ2v) is 4.27. The van der Waals surface area contributed by atoms with E-state index in [9.17, 15) is 9.59 Å². The summed E-state index contributed by atoms with van der Waals surface area (Å²) in [5, 5.41) is 0.918. The Labute approximate surface area is 122 Å². The number of amides is 2. The van der Waals surface area contributed by atoms with Crippen molar-refractivity contribution in [1.82, 2.24) is 9.88 Å². The topological polar surface area (TPSA) is 68.7 Å². The van der Waals surface area contributed by atoms with Crippen LogP contribution >= 0.6 is 0 Å². The van der Waals surface area contributed by atoms with Crippen LogP contribution in [-0.4, -0.2) is 42.1 Å². The number of hydrogen-bond donors (Lipinski definition) is 0. The van der Waals surface area contributed by atoms with Gasteiger partial charge in [-0.25, -0.2) is 9.69 Å². The van der Waals surface area contributed by atoms with Gasteiger partial charge in [-0.15, -0.1) is 0 Å². The van der Waals surface area contributed by atoms with Crippen molar-refractivity contribution in [2.24, 2.45) is 0 Å². The predicted molar refractivity (Wildman–Crippen MR) is 77.0 cm³/mol. The molecule has 0 aliphatic rings. The average Bonchev–Trinajstić information content (AvgIpc) is 2.52. The summed E-state index contributed by atoms with van der Waals surface area (Å²) < 4.78 is 10.2. The quantitative estimate of drug-likeness (QED) is 0.863. The van der Waals surface area contributed by atoms with E-state index < -0.39 is 12.0 Å². The highest BCUT2D eigenvalue weighted by Crippen LogP contribution is 2.22. The summed E-state index contributed by atoms with van der Waals surface area (Å²) in [4.78, 5) is 28.4. The van der Waals surface area contributed by atoms with E-state index in [-0.39, 0.29) is 13.2 Å². The second-order valence-electron chi connectivity index (χ2n) is 4.27. The van der Waals surface area contributed by atoms with Crippen LogP contribution < -0.4 is 4.74 Å². The molecular weight excluding hydrogens is 272 g/mol. The predicted octanol–water partition coefficient (Wildman–Crippen LogP) is 2.23. The molecule has 6 heteroatoms. The Hall–Kier alpha value is -2.63. The lowest BCUT2D eigenvalue weighted by atomic mass is 10.2. The lowest BCUT2D eigenvalue weighted by Crippen LogP contribution is -2.37. The van der Waals surface area contributed by atoms with Crippen LogP contribution in [0.25, 0.3) is 10.9 Å². The van der Waals surface area contributed by atoms with E-state index in [1.54, 1.807) is 19.2 Å². The van der Waals surface area contributed by atoms with Crippen LogP contribution in [0.3, 0.4) is 0 Å². The standard InChI is InChI=1S/C15H16N2O4/c1-3-20-15(19)17(2)13(18)10-21-12-8-4-6-11-7-5-9-16-14(11)12/h4-9H,3,10H2,1-2H3. The number of benzene rings is 1. The molecule has 0 fully saturated rings. The van der Waals surface area contributed by atoms with Crippen LogP contribution in [-0.2, 0) is 9.53 Å². The van der Waals surface area contributed by atoms with Gasteiger partial charge in [0.2, 0.25) is 0 Å². The summed E-state index contributed by atoms with van der Waals surface area (Å²) in [5.74, 6) is 0.0140. The second kappa shape index (κ2) is 6.69. The van der Waals surface area contributed by atoms with Gasteiger partial charge in [0.05, 0.1) is 6.61 Å². The Kier molecular flexibility index (Phi) is 4.71. The lowest BCUT2D eigenvalue weighted by Gasteiger charge is -2.15. The molecule has 0 bridgehead atoms. The zero-order valence-corrected chi connectivity index (χ0v) is 11.9. The Morgan fingerprint density at radius 3 is 2.76 bits per heavy atom.